The van der Waals surface area contributed by atoms with Gasteiger partial charge in [-0.05, 0) is 50.3 Å². The SMILES string of the molecule is CN(C1CCCCC1)S(=O)(=O)c1cccc(C(=O)N2CCCCC2)c1. The van der Waals surface area contributed by atoms with E-state index >= 15 is 0 Å². The van der Waals surface area contributed by atoms with E-state index in [-0.39, 0.29) is 16.8 Å². The number of hydrogen-bond acceptors (Lipinski definition) is 3. The Bertz CT molecular complexity index is 705. The van der Waals surface area contributed by atoms with Crippen LogP contribution in [0, 0.1) is 0 Å². The molecule has 1 aromatic rings. The van der Waals surface area contributed by atoms with E-state index in [9.17, 15) is 13.2 Å². The zero-order valence-electron chi connectivity index (χ0n) is 15.0. The van der Waals surface area contributed by atoms with Gasteiger partial charge >= 0.3 is 0 Å². The lowest BCUT2D eigenvalue weighted by Gasteiger charge is -2.30. The minimum atomic E-state index is -3.56. The minimum absolute atomic E-state index is 0.0583. The van der Waals surface area contributed by atoms with Crippen LogP contribution in [0.2, 0.25) is 0 Å². The summed E-state index contributed by atoms with van der Waals surface area (Å²) in [6.45, 7) is 1.52. The van der Waals surface area contributed by atoms with Crippen LogP contribution in [0.25, 0.3) is 0 Å². The first-order valence-electron chi connectivity index (χ1n) is 9.37. The summed E-state index contributed by atoms with van der Waals surface area (Å²) in [5, 5.41) is 0. The van der Waals surface area contributed by atoms with Crippen molar-refractivity contribution in [1.29, 1.82) is 0 Å². The van der Waals surface area contributed by atoms with Crippen molar-refractivity contribution in [2.24, 2.45) is 0 Å². The van der Waals surface area contributed by atoms with Crippen molar-refractivity contribution in [3.05, 3.63) is 29.8 Å². The maximum absolute atomic E-state index is 13.0. The van der Waals surface area contributed by atoms with Crippen LogP contribution in [0.4, 0.5) is 0 Å². The van der Waals surface area contributed by atoms with E-state index in [1.807, 2.05) is 4.90 Å². The first kappa shape index (κ1) is 18.4. The standard InChI is InChI=1S/C19H28N2O3S/c1-20(17-10-4-2-5-11-17)25(23,24)18-12-8-9-16(15-18)19(22)21-13-6-3-7-14-21/h8-9,12,15,17H,2-7,10-11,13-14H2,1H3. The van der Waals surface area contributed by atoms with Gasteiger partial charge in [-0.25, -0.2) is 8.42 Å². The molecule has 0 radical (unpaired) electrons. The highest BCUT2D eigenvalue weighted by Gasteiger charge is 2.29. The topological polar surface area (TPSA) is 57.7 Å². The Labute approximate surface area is 151 Å². The molecule has 2 fully saturated rings. The van der Waals surface area contributed by atoms with Gasteiger partial charge in [-0.2, -0.15) is 4.31 Å². The summed E-state index contributed by atoms with van der Waals surface area (Å²) < 4.78 is 27.5. The molecular weight excluding hydrogens is 336 g/mol. The molecule has 1 aliphatic carbocycles. The largest absolute Gasteiger partial charge is 0.339 e. The van der Waals surface area contributed by atoms with E-state index in [0.717, 1.165) is 58.0 Å². The highest BCUT2D eigenvalue weighted by atomic mass is 32.2. The monoisotopic (exact) mass is 364 g/mol. The zero-order chi connectivity index (χ0) is 17.9. The van der Waals surface area contributed by atoms with Gasteiger partial charge in [-0.1, -0.05) is 25.3 Å². The molecule has 1 heterocycles. The van der Waals surface area contributed by atoms with Gasteiger partial charge in [0, 0.05) is 31.7 Å². The first-order valence-corrected chi connectivity index (χ1v) is 10.8. The molecule has 1 saturated carbocycles. The Kier molecular flexibility index (Phi) is 5.79. The van der Waals surface area contributed by atoms with Crippen LogP contribution >= 0.6 is 0 Å². The van der Waals surface area contributed by atoms with Crippen LogP contribution in [-0.2, 0) is 10.0 Å². The van der Waals surface area contributed by atoms with Crippen molar-refractivity contribution in [3.63, 3.8) is 0 Å². The quantitative estimate of drug-likeness (QED) is 0.824. The number of piperidine rings is 1. The van der Waals surface area contributed by atoms with Gasteiger partial charge in [0.15, 0.2) is 0 Å². The Morgan fingerprint density at radius 3 is 2.36 bits per heavy atom. The second kappa shape index (κ2) is 7.87. The number of sulfonamides is 1. The molecule has 25 heavy (non-hydrogen) atoms. The molecule has 1 amide bonds. The maximum Gasteiger partial charge on any atom is 0.253 e. The van der Waals surface area contributed by atoms with Gasteiger partial charge in [-0.15, -0.1) is 0 Å². The van der Waals surface area contributed by atoms with Gasteiger partial charge in [0.2, 0.25) is 10.0 Å². The van der Waals surface area contributed by atoms with Gasteiger partial charge in [-0.3, -0.25) is 4.79 Å². The second-order valence-electron chi connectivity index (χ2n) is 7.19. The molecule has 0 unspecified atom stereocenters. The molecule has 1 aliphatic heterocycles. The van der Waals surface area contributed by atoms with E-state index in [1.165, 1.54) is 10.7 Å². The average Bonchev–Trinajstić information content (AvgIpc) is 2.68. The molecule has 138 valence electrons. The van der Waals surface area contributed by atoms with Crippen molar-refractivity contribution in [1.82, 2.24) is 9.21 Å². The van der Waals surface area contributed by atoms with Gasteiger partial charge in [0.25, 0.3) is 5.91 Å². The van der Waals surface area contributed by atoms with E-state index in [0.29, 0.717) is 5.56 Å². The summed E-state index contributed by atoms with van der Waals surface area (Å²) in [5.41, 5.74) is 0.472. The third kappa shape index (κ3) is 4.06. The number of carbonyl (C=O) groups excluding carboxylic acids is 1. The molecule has 0 atom stereocenters. The molecule has 0 aromatic heterocycles. The minimum Gasteiger partial charge on any atom is -0.339 e. The number of benzene rings is 1. The lowest BCUT2D eigenvalue weighted by molar-refractivity contribution is 0.0724. The fourth-order valence-electron chi connectivity index (χ4n) is 3.88. The van der Waals surface area contributed by atoms with E-state index in [2.05, 4.69) is 0 Å². The summed E-state index contributed by atoms with van der Waals surface area (Å²) in [4.78, 5) is 14.7. The molecule has 0 spiro atoms. The number of nitrogens with zero attached hydrogens (tertiary/aromatic N) is 2. The van der Waals surface area contributed by atoms with Gasteiger partial charge in [0.1, 0.15) is 0 Å². The third-order valence-corrected chi connectivity index (χ3v) is 7.40. The molecule has 0 N–H and O–H groups in total. The Morgan fingerprint density at radius 2 is 1.68 bits per heavy atom. The van der Waals surface area contributed by atoms with Crippen LogP contribution in [0.15, 0.2) is 29.2 Å². The Balaban J connectivity index is 1.80. The summed E-state index contributed by atoms with van der Waals surface area (Å²) in [6.07, 6.45) is 8.39. The average molecular weight is 365 g/mol. The number of carbonyl (C=O) groups is 1. The van der Waals surface area contributed by atoms with Crippen LogP contribution in [0.5, 0.6) is 0 Å². The van der Waals surface area contributed by atoms with Crippen molar-refractivity contribution in [2.75, 3.05) is 20.1 Å². The fourth-order valence-corrected chi connectivity index (χ4v) is 5.34. The fraction of sp³-hybridized carbons (Fsp3) is 0.632. The molecular formula is C19H28N2O3S. The molecule has 6 heteroatoms. The van der Waals surface area contributed by atoms with Crippen molar-refractivity contribution >= 4 is 15.9 Å². The molecule has 1 aromatic carbocycles. The molecule has 0 bridgehead atoms. The number of amides is 1. The van der Waals surface area contributed by atoms with Gasteiger partial charge < -0.3 is 4.90 Å². The highest BCUT2D eigenvalue weighted by molar-refractivity contribution is 7.89. The Hall–Kier alpha value is -1.40. The van der Waals surface area contributed by atoms with Crippen LogP contribution < -0.4 is 0 Å². The molecule has 1 saturated heterocycles. The maximum atomic E-state index is 13.0. The predicted molar refractivity (Wildman–Crippen MR) is 98.0 cm³/mol. The van der Waals surface area contributed by atoms with Crippen LogP contribution in [-0.4, -0.2) is 49.7 Å². The number of hydrogen-bond donors (Lipinski definition) is 0. The first-order chi connectivity index (χ1) is 12.0. The smallest absolute Gasteiger partial charge is 0.253 e. The lowest BCUT2D eigenvalue weighted by Crippen LogP contribution is -2.38. The van der Waals surface area contributed by atoms with E-state index in [1.54, 1.807) is 31.3 Å². The molecule has 5 nitrogen and oxygen atoms in total. The van der Waals surface area contributed by atoms with Crippen molar-refractivity contribution in [2.45, 2.75) is 62.3 Å². The summed E-state index contributed by atoms with van der Waals surface area (Å²) in [6, 6.07) is 6.61. The van der Waals surface area contributed by atoms with Crippen LogP contribution in [0.1, 0.15) is 61.7 Å². The predicted octanol–water partition coefficient (Wildman–Crippen LogP) is 3.27. The highest BCUT2D eigenvalue weighted by Crippen LogP contribution is 2.27. The van der Waals surface area contributed by atoms with Crippen LogP contribution in [0.3, 0.4) is 0 Å². The zero-order valence-corrected chi connectivity index (χ0v) is 15.8. The summed E-state index contributed by atoms with van der Waals surface area (Å²) in [5.74, 6) is -0.0583. The third-order valence-electron chi connectivity index (χ3n) is 5.49. The van der Waals surface area contributed by atoms with Crippen molar-refractivity contribution < 1.29 is 13.2 Å². The number of rotatable bonds is 4. The second-order valence-corrected chi connectivity index (χ2v) is 9.19. The Morgan fingerprint density at radius 1 is 1.04 bits per heavy atom. The normalized spacial score (nSPS) is 20.0. The summed E-state index contributed by atoms with van der Waals surface area (Å²) >= 11 is 0. The van der Waals surface area contributed by atoms with Gasteiger partial charge in [0.05, 0.1) is 4.90 Å². The van der Waals surface area contributed by atoms with E-state index in [4.69, 9.17) is 0 Å². The molecule has 2 aliphatic rings. The molecule has 3 rings (SSSR count). The number of likely N-dealkylation sites (tertiary alicyclic amines) is 1. The summed E-state index contributed by atoms with van der Waals surface area (Å²) in [7, 11) is -1.89. The van der Waals surface area contributed by atoms with E-state index < -0.39 is 10.0 Å². The van der Waals surface area contributed by atoms with Crippen molar-refractivity contribution in [3.8, 4) is 0 Å². The lowest BCUT2D eigenvalue weighted by atomic mass is 9.96.